The van der Waals surface area contributed by atoms with Crippen LogP contribution in [0.25, 0.3) is 0 Å². The molecule has 4 fully saturated rings. The molecule has 252 valence electrons. The third-order valence-electron chi connectivity index (χ3n) is 12.0. The topological polar surface area (TPSA) is 165 Å². The number of ketones is 2. The molecule has 5 aliphatic rings. The molecule has 4 aliphatic carbocycles. The maximum absolute atomic E-state index is 14.3. The summed E-state index contributed by atoms with van der Waals surface area (Å²) in [6, 6.07) is 9.66. The van der Waals surface area contributed by atoms with Crippen LogP contribution >= 0.6 is 7.82 Å². The molecule has 1 aromatic carbocycles. The fourth-order valence-electron chi connectivity index (χ4n) is 9.93. The normalized spacial score (nSPS) is 37.6. The number of phosphoric ester groups is 1. The number of aliphatic hydroxyl groups excluding tert-OH is 2. The van der Waals surface area contributed by atoms with Crippen molar-refractivity contribution in [3.8, 4) is 0 Å². The van der Waals surface area contributed by atoms with Gasteiger partial charge in [0.25, 0.3) is 0 Å². The molecule has 1 saturated heterocycles. The molecule has 0 radical (unpaired) electrons. The van der Waals surface area contributed by atoms with Gasteiger partial charge in [0.1, 0.15) is 6.61 Å². The molecule has 0 bridgehead atoms. The number of aliphatic hydroxyl groups is 2. The Balaban J connectivity index is 1.22. The van der Waals surface area contributed by atoms with Crippen LogP contribution in [0, 0.1) is 28.6 Å². The van der Waals surface area contributed by atoms with Crippen LogP contribution in [0.15, 0.2) is 60.3 Å². The predicted molar refractivity (Wildman–Crippen MR) is 168 cm³/mol. The average Bonchev–Trinajstić information content (AvgIpc) is 3.65. The Kier molecular flexibility index (Phi) is 7.97. The van der Waals surface area contributed by atoms with E-state index in [1.807, 2.05) is 61.1 Å². The van der Waals surface area contributed by atoms with Crippen LogP contribution in [0.3, 0.4) is 0 Å². The molecule has 0 unspecified atom stereocenters. The Morgan fingerprint density at radius 1 is 1.15 bits per heavy atom. The van der Waals surface area contributed by atoms with E-state index in [-0.39, 0.29) is 36.6 Å². The summed E-state index contributed by atoms with van der Waals surface area (Å²) in [5, 5.41) is 21.3. The molecular formula is C35H42NO10P. The van der Waals surface area contributed by atoms with Crippen molar-refractivity contribution < 1.29 is 48.2 Å². The molecule has 7 rings (SSSR count). The SMILES string of the molecule is Cn1cc(Cc2ccc(CO)cc2)cc1[C@@H]1O[C@@H]2C[C@H]3[C@@H]4CCC5=CC(=O)C=C[C@]5(C)[C@H]4[C@@H](O)C[C@]3(C)[C@]2(C(=O)COP(=O)(O)O)O1. The van der Waals surface area contributed by atoms with Gasteiger partial charge in [-0.3, -0.25) is 14.1 Å². The van der Waals surface area contributed by atoms with Crippen molar-refractivity contribution in [2.45, 2.75) is 76.7 Å². The number of carbonyl (C=O) groups is 2. The van der Waals surface area contributed by atoms with E-state index in [1.54, 1.807) is 12.2 Å². The first-order chi connectivity index (χ1) is 22.2. The Morgan fingerprint density at radius 2 is 1.87 bits per heavy atom. The molecule has 9 atom stereocenters. The van der Waals surface area contributed by atoms with Crippen molar-refractivity contribution in [2.24, 2.45) is 35.6 Å². The van der Waals surface area contributed by atoms with Gasteiger partial charge in [-0.05, 0) is 78.8 Å². The van der Waals surface area contributed by atoms with Gasteiger partial charge in [0, 0.05) is 30.0 Å². The fourth-order valence-corrected chi connectivity index (χ4v) is 10.2. The second kappa shape index (κ2) is 11.4. The highest BCUT2D eigenvalue weighted by Crippen LogP contribution is 2.70. The summed E-state index contributed by atoms with van der Waals surface area (Å²) in [5.74, 6) is -0.956. The summed E-state index contributed by atoms with van der Waals surface area (Å²) in [6.07, 6.45) is 7.38. The van der Waals surface area contributed by atoms with E-state index in [0.29, 0.717) is 25.0 Å². The lowest BCUT2D eigenvalue weighted by atomic mass is 9.46. The number of aryl methyl sites for hydroxylation is 1. The molecule has 4 N–H and O–H groups in total. The van der Waals surface area contributed by atoms with Gasteiger partial charge < -0.3 is 34.0 Å². The van der Waals surface area contributed by atoms with E-state index < -0.39 is 55.1 Å². The summed E-state index contributed by atoms with van der Waals surface area (Å²) >= 11 is 0. The summed E-state index contributed by atoms with van der Waals surface area (Å²) in [4.78, 5) is 45.5. The Labute approximate surface area is 273 Å². The number of benzene rings is 1. The maximum atomic E-state index is 14.3. The average molecular weight is 668 g/mol. The molecule has 0 spiro atoms. The molecule has 3 saturated carbocycles. The van der Waals surface area contributed by atoms with Crippen LogP contribution in [-0.2, 0) is 48.2 Å². The first kappa shape index (κ1) is 32.8. The molecular weight excluding hydrogens is 625 g/mol. The van der Waals surface area contributed by atoms with Crippen molar-refractivity contribution in [3.63, 3.8) is 0 Å². The van der Waals surface area contributed by atoms with Gasteiger partial charge in [-0.2, -0.15) is 0 Å². The molecule has 47 heavy (non-hydrogen) atoms. The summed E-state index contributed by atoms with van der Waals surface area (Å²) in [5.41, 5.74) is 1.53. The van der Waals surface area contributed by atoms with E-state index in [0.717, 1.165) is 28.7 Å². The second-order valence-corrected chi connectivity index (χ2v) is 15.7. The first-order valence-corrected chi connectivity index (χ1v) is 17.7. The van der Waals surface area contributed by atoms with Crippen LogP contribution in [0.4, 0.5) is 0 Å². The van der Waals surface area contributed by atoms with Crippen LogP contribution < -0.4 is 0 Å². The number of rotatable bonds is 8. The minimum Gasteiger partial charge on any atom is -0.393 e. The highest BCUT2D eigenvalue weighted by Gasteiger charge is 2.76. The fraction of sp³-hybridized carbons (Fsp3) is 0.543. The number of phosphoric acid groups is 1. The molecule has 12 heteroatoms. The van der Waals surface area contributed by atoms with E-state index in [9.17, 15) is 34.2 Å². The van der Waals surface area contributed by atoms with Crippen molar-refractivity contribution in [3.05, 3.63) is 82.7 Å². The minimum atomic E-state index is -4.97. The molecule has 2 aromatic rings. The minimum absolute atomic E-state index is 0.00811. The maximum Gasteiger partial charge on any atom is 0.470 e. The number of allylic oxidation sites excluding steroid dienone is 4. The van der Waals surface area contributed by atoms with E-state index >= 15 is 0 Å². The summed E-state index contributed by atoms with van der Waals surface area (Å²) in [6.45, 7) is 3.13. The van der Waals surface area contributed by atoms with E-state index in [2.05, 4.69) is 6.92 Å². The Bertz CT molecular complexity index is 1710. The quantitative estimate of drug-likeness (QED) is 0.304. The number of ether oxygens (including phenoxy) is 2. The lowest BCUT2D eigenvalue weighted by Crippen LogP contribution is -2.63. The zero-order valence-corrected chi connectivity index (χ0v) is 27.6. The summed E-state index contributed by atoms with van der Waals surface area (Å²) < 4.78 is 31.8. The van der Waals surface area contributed by atoms with E-state index in [1.165, 1.54) is 0 Å². The zero-order chi connectivity index (χ0) is 33.5. The third-order valence-corrected chi connectivity index (χ3v) is 12.4. The highest BCUT2D eigenvalue weighted by molar-refractivity contribution is 7.46. The lowest BCUT2D eigenvalue weighted by molar-refractivity contribution is -0.201. The van der Waals surface area contributed by atoms with E-state index in [4.69, 9.17) is 14.0 Å². The Morgan fingerprint density at radius 3 is 2.57 bits per heavy atom. The van der Waals surface area contributed by atoms with Gasteiger partial charge in [0.2, 0.25) is 6.29 Å². The van der Waals surface area contributed by atoms with Crippen LogP contribution in [0.5, 0.6) is 0 Å². The van der Waals surface area contributed by atoms with Gasteiger partial charge in [-0.15, -0.1) is 0 Å². The largest absolute Gasteiger partial charge is 0.470 e. The number of Topliss-reactive ketones (excluding diaryl/α,β-unsaturated/α-hetero) is 1. The van der Waals surface area contributed by atoms with Crippen molar-refractivity contribution in [2.75, 3.05) is 6.61 Å². The standard InChI is InChI=1S/C35H42NO10P/c1-33-11-10-24(38)14-23(33)8-9-25-26-15-30-35(29(40)19-44-47(41,42)43,34(26,2)16-28(39)31(25)33)46-32(45-30)27-13-22(17-36(27)3)12-20-4-6-21(18-37)7-5-20/h4-7,10-11,13-14,17,25-26,28,30-32,37,39H,8-9,12,15-16,18-19H2,1-3H3,(H2,41,42,43)/t25-,26-,28-,30+,31+,32+,33-,34-,35+/m0/s1. The van der Waals surface area contributed by atoms with Crippen LogP contribution in [0.2, 0.25) is 0 Å². The van der Waals surface area contributed by atoms with Gasteiger partial charge in [-0.1, -0.05) is 49.8 Å². The second-order valence-electron chi connectivity index (χ2n) is 14.5. The van der Waals surface area contributed by atoms with Gasteiger partial charge in [-0.25, -0.2) is 4.57 Å². The molecule has 2 heterocycles. The number of aromatic nitrogens is 1. The first-order valence-electron chi connectivity index (χ1n) is 16.2. The van der Waals surface area contributed by atoms with Gasteiger partial charge in [0.15, 0.2) is 17.2 Å². The van der Waals surface area contributed by atoms with Crippen molar-refractivity contribution in [1.29, 1.82) is 0 Å². The summed E-state index contributed by atoms with van der Waals surface area (Å²) in [7, 11) is -3.10. The predicted octanol–water partition coefficient (Wildman–Crippen LogP) is 3.83. The number of hydrogen-bond acceptors (Lipinski definition) is 8. The number of hydrogen-bond donors (Lipinski definition) is 4. The highest BCUT2D eigenvalue weighted by atomic mass is 31.2. The van der Waals surface area contributed by atoms with Gasteiger partial charge >= 0.3 is 7.82 Å². The number of fused-ring (bicyclic) bond motifs is 7. The van der Waals surface area contributed by atoms with Gasteiger partial charge in [0.05, 0.1) is 24.5 Å². The monoisotopic (exact) mass is 667 g/mol. The van der Waals surface area contributed by atoms with Crippen LogP contribution in [-0.4, -0.2) is 60.5 Å². The van der Waals surface area contributed by atoms with Crippen molar-refractivity contribution >= 4 is 19.4 Å². The molecule has 11 nitrogen and oxygen atoms in total. The number of nitrogens with zero attached hydrogens (tertiary/aromatic N) is 1. The molecule has 1 aliphatic heterocycles. The third kappa shape index (κ3) is 5.18. The Hall–Kier alpha value is -2.73. The van der Waals surface area contributed by atoms with Crippen molar-refractivity contribution in [1.82, 2.24) is 4.57 Å². The van der Waals surface area contributed by atoms with Crippen LogP contribution in [0.1, 0.15) is 68.2 Å². The molecule has 1 aromatic heterocycles. The zero-order valence-electron chi connectivity index (χ0n) is 26.7. The number of carbonyl (C=O) groups excluding carboxylic acids is 2. The lowest BCUT2D eigenvalue weighted by Gasteiger charge is -2.59. The smallest absolute Gasteiger partial charge is 0.393 e. The molecule has 0 amide bonds.